The van der Waals surface area contributed by atoms with Gasteiger partial charge in [-0.05, 0) is 29.8 Å². The van der Waals surface area contributed by atoms with Crippen molar-refractivity contribution in [3.63, 3.8) is 0 Å². The van der Waals surface area contributed by atoms with Crippen molar-refractivity contribution < 1.29 is 4.79 Å². The van der Waals surface area contributed by atoms with Crippen molar-refractivity contribution >= 4 is 34.8 Å². The van der Waals surface area contributed by atoms with Crippen LogP contribution in [0.1, 0.15) is 11.1 Å². The lowest BCUT2D eigenvalue weighted by molar-refractivity contribution is -0.117. The molecule has 1 saturated heterocycles. The van der Waals surface area contributed by atoms with Gasteiger partial charge in [0.1, 0.15) is 0 Å². The fourth-order valence-corrected chi connectivity index (χ4v) is 3.39. The molecule has 0 aliphatic carbocycles. The topological polar surface area (TPSA) is 59.4 Å². The first-order chi connectivity index (χ1) is 13.0. The summed E-state index contributed by atoms with van der Waals surface area (Å²) in [6.07, 6.45) is 0. The highest BCUT2D eigenvalue weighted by Crippen LogP contribution is 2.29. The van der Waals surface area contributed by atoms with Gasteiger partial charge in [-0.25, -0.2) is 0 Å². The van der Waals surface area contributed by atoms with Crippen LogP contribution in [0.3, 0.4) is 0 Å². The lowest BCUT2D eigenvalue weighted by Gasteiger charge is -2.34. The number of hydrogen-bond donors (Lipinski definition) is 1. The molecular formula is C20H20Cl2N4O. The quantitative estimate of drug-likeness (QED) is 0.829. The van der Waals surface area contributed by atoms with E-state index in [0.29, 0.717) is 27.8 Å². The molecule has 1 heterocycles. The number of carbonyl (C=O) groups is 1. The minimum absolute atomic E-state index is 0.0975. The Kier molecular flexibility index (Phi) is 6.70. The van der Waals surface area contributed by atoms with E-state index in [1.165, 1.54) is 5.56 Å². The molecule has 0 saturated carbocycles. The van der Waals surface area contributed by atoms with Gasteiger partial charge in [0.25, 0.3) is 0 Å². The van der Waals surface area contributed by atoms with E-state index in [1.54, 1.807) is 18.2 Å². The Morgan fingerprint density at radius 1 is 1.04 bits per heavy atom. The van der Waals surface area contributed by atoms with E-state index in [-0.39, 0.29) is 5.91 Å². The van der Waals surface area contributed by atoms with Gasteiger partial charge in [0.15, 0.2) is 0 Å². The van der Waals surface area contributed by atoms with E-state index < -0.39 is 0 Å². The monoisotopic (exact) mass is 402 g/mol. The molecule has 0 aromatic heterocycles. The summed E-state index contributed by atoms with van der Waals surface area (Å²) in [5.74, 6) is -0.0975. The maximum absolute atomic E-state index is 12.3. The maximum atomic E-state index is 12.3. The van der Waals surface area contributed by atoms with Gasteiger partial charge in [0.05, 0.1) is 33.9 Å². The second-order valence-electron chi connectivity index (χ2n) is 6.51. The van der Waals surface area contributed by atoms with Crippen LogP contribution in [0.5, 0.6) is 0 Å². The summed E-state index contributed by atoms with van der Waals surface area (Å²) in [6.45, 7) is 4.62. The third-order valence-corrected chi connectivity index (χ3v) is 5.37. The summed E-state index contributed by atoms with van der Waals surface area (Å²) in [4.78, 5) is 16.8. The predicted molar refractivity (Wildman–Crippen MR) is 108 cm³/mol. The largest absolute Gasteiger partial charge is 0.324 e. The van der Waals surface area contributed by atoms with Crippen molar-refractivity contribution in [2.24, 2.45) is 0 Å². The Balaban J connectivity index is 1.45. The van der Waals surface area contributed by atoms with Crippen LogP contribution >= 0.6 is 23.2 Å². The normalized spacial score (nSPS) is 15.3. The predicted octanol–water partition coefficient (Wildman–Crippen LogP) is 3.62. The molecule has 0 unspecified atom stereocenters. The number of nitrogens with one attached hydrogen (secondary N) is 1. The fourth-order valence-electron chi connectivity index (χ4n) is 3.04. The number of nitriles is 1. The van der Waals surface area contributed by atoms with E-state index in [1.807, 2.05) is 24.3 Å². The van der Waals surface area contributed by atoms with E-state index in [0.717, 1.165) is 32.7 Å². The van der Waals surface area contributed by atoms with Gasteiger partial charge in [-0.3, -0.25) is 14.6 Å². The number of halogens is 2. The molecule has 7 heteroatoms. The first kappa shape index (κ1) is 19.7. The van der Waals surface area contributed by atoms with E-state index in [9.17, 15) is 4.79 Å². The summed E-state index contributed by atoms with van der Waals surface area (Å²) >= 11 is 12.1. The number of carbonyl (C=O) groups excluding carboxylic acids is 1. The van der Waals surface area contributed by atoms with Gasteiger partial charge in [0, 0.05) is 32.7 Å². The number of amides is 1. The highest BCUT2D eigenvalue weighted by molar-refractivity contribution is 6.44. The smallest absolute Gasteiger partial charge is 0.238 e. The van der Waals surface area contributed by atoms with Gasteiger partial charge < -0.3 is 5.32 Å². The maximum Gasteiger partial charge on any atom is 0.238 e. The summed E-state index contributed by atoms with van der Waals surface area (Å²) in [5.41, 5.74) is 2.40. The summed E-state index contributed by atoms with van der Waals surface area (Å²) in [5, 5.41) is 12.5. The van der Waals surface area contributed by atoms with Crippen LogP contribution in [0.4, 0.5) is 5.69 Å². The summed E-state index contributed by atoms with van der Waals surface area (Å²) < 4.78 is 0. The Bertz CT molecular complexity index is 840. The molecule has 140 valence electrons. The summed E-state index contributed by atoms with van der Waals surface area (Å²) in [6, 6.07) is 15.0. The molecule has 1 aliphatic rings. The first-order valence-electron chi connectivity index (χ1n) is 8.73. The average Bonchev–Trinajstić information content (AvgIpc) is 2.67. The number of anilines is 1. The molecule has 0 spiro atoms. The van der Waals surface area contributed by atoms with Crippen LogP contribution < -0.4 is 5.32 Å². The lowest BCUT2D eigenvalue weighted by Crippen LogP contribution is -2.48. The molecule has 1 aliphatic heterocycles. The number of hydrogen-bond acceptors (Lipinski definition) is 4. The van der Waals surface area contributed by atoms with Crippen LogP contribution in [-0.2, 0) is 11.3 Å². The second kappa shape index (κ2) is 9.20. The molecule has 0 radical (unpaired) electrons. The first-order valence-corrected chi connectivity index (χ1v) is 9.48. The molecule has 2 aromatic carbocycles. The third kappa shape index (κ3) is 5.44. The van der Waals surface area contributed by atoms with Crippen molar-refractivity contribution in [3.8, 4) is 6.07 Å². The van der Waals surface area contributed by atoms with Gasteiger partial charge in [-0.2, -0.15) is 5.26 Å². The SMILES string of the molecule is N#Cc1ccc(CN2CCN(CC(=O)Nc3cccc(Cl)c3Cl)CC2)cc1. The van der Waals surface area contributed by atoms with Crippen molar-refractivity contribution in [1.82, 2.24) is 9.80 Å². The number of rotatable bonds is 5. The van der Waals surface area contributed by atoms with Crippen LogP contribution in [0.15, 0.2) is 42.5 Å². The van der Waals surface area contributed by atoms with E-state index in [4.69, 9.17) is 28.5 Å². The van der Waals surface area contributed by atoms with Crippen LogP contribution in [0.2, 0.25) is 10.0 Å². The molecule has 0 atom stereocenters. The molecule has 2 aromatic rings. The fraction of sp³-hybridized carbons (Fsp3) is 0.300. The Hall–Kier alpha value is -2.10. The molecule has 3 rings (SSSR count). The van der Waals surface area contributed by atoms with Crippen molar-refractivity contribution in [2.75, 3.05) is 38.0 Å². The molecule has 1 N–H and O–H groups in total. The molecular weight excluding hydrogens is 383 g/mol. The Labute approximate surface area is 169 Å². The van der Waals surface area contributed by atoms with Crippen LogP contribution in [0, 0.1) is 11.3 Å². The minimum atomic E-state index is -0.0975. The second-order valence-corrected chi connectivity index (χ2v) is 7.30. The standard InChI is InChI=1S/C20H20Cl2N4O/c21-17-2-1-3-18(20(17)22)24-19(27)14-26-10-8-25(9-11-26)13-16-6-4-15(12-23)5-7-16/h1-7H,8-11,13-14H2,(H,24,27). The zero-order valence-corrected chi connectivity index (χ0v) is 16.3. The van der Waals surface area contributed by atoms with Crippen molar-refractivity contribution in [3.05, 3.63) is 63.6 Å². The molecule has 1 fully saturated rings. The van der Waals surface area contributed by atoms with Crippen molar-refractivity contribution in [1.29, 1.82) is 5.26 Å². The summed E-state index contributed by atoms with van der Waals surface area (Å²) in [7, 11) is 0. The third-order valence-electron chi connectivity index (χ3n) is 4.55. The minimum Gasteiger partial charge on any atom is -0.324 e. The molecule has 27 heavy (non-hydrogen) atoms. The van der Waals surface area contributed by atoms with Crippen LogP contribution in [0.25, 0.3) is 0 Å². The van der Waals surface area contributed by atoms with Crippen molar-refractivity contribution in [2.45, 2.75) is 6.54 Å². The zero-order valence-electron chi connectivity index (χ0n) is 14.8. The van der Waals surface area contributed by atoms with E-state index in [2.05, 4.69) is 21.2 Å². The zero-order chi connectivity index (χ0) is 19.2. The Morgan fingerprint density at radius 3 is 2.37 bits per heavy atom. The lowest BCUT2D eigenvalue weighted by atomic mass is 10.1. The highest BCUT2D eigenvalue weighted by Gasteiger charge is 2.19. The van der Waals surface area contributed by atoms with Gasteiger partial charge >= 0.3 is 0 Å². The number of nitrogens with zero attached hydrogens (tertiary/aromatic N) is 3. The Morgan fingerprint density at radius 2 is 1.70 bits per heavy atom. The molecule has 0 bridgehead atoms. The number of piperazine rings is 1. The van der Waals surface area contributed by atoms with E-state index >= 15 is 0 Å². The highest BCUT2D eigenvalue weighted by atomic mass is 35.5. The van der Waals surface area contributed by atoms with Crippen LogP contribution in [-0.4, -0.2) is 48.4 Å². The van der Waals surface area contributed by atoms with Gasteiger partial charge in [-0.15, -0.1) is 0 Å². The van der Waals surface area contributed by atoms with Gasteiger partial charge in [-0.1, -0.05) is 41.4 Å². The number of benzene rings is 2. The molecule has 5 nitrogen and oxygen atoms in total. The van der Waals surface area contributed by atoms with Gasteiger partial charge in [0.2, 0.25) is 5.91 Å². The molecule has 1 amide bonds. The average molecular weight is 403 g/mol.